The average Bonchev–Trinajstić information content (AvgIpc) is 2.54. The topological polar surface area (TPSA) is 81.5 Å². The van der Waals surface area contributed by atoms with Gasteiger partial charge >= 0.3 is 0 Å². The number of methoxy groups -OCH3 is 1. The minimum absolute atomic E-state index is 0.113. The van der Waals surface area contributed by atoms with Gasteiger partial charge in [-0.25, -0.2) is 0 Å². The molecule has 6 heteroatoms. The highest BCUT2D eigenvalue weighted by atomic mass is 16.6. The molecule has 0 aliphatic carbocycles. The van der Waals surface area contributed by atoms with Crippen LogP contribution in [-0.2, 0) is 0 Å². The summed E-state index contributed by atoms with van der Waals surface area (Å²) in [5, 5.41) is 13.6. The van der Waals surface area contributed by atoms with E-state index in [1.165, 1.54) is 24.3 Å². The number of nitrogens with one attached hydrogen (secondary N) is 1. The molecule has 114 valence electrons. The summed E-state index contributed by atoms with van der Waals surface area (Å²) in [4.78, 5) is 22.5. The predicted octanol–water partition coefficient (Wildman–Crippen LogP) is 3.09. The second-order valence-corrected chi connectivity index (χ2v) is 4.74. The standard InChI is InChI=1S/C16H16N2O4/c1-11(14-8-3-4-9-15(14)22-2)17-16(19)12-6-5-7-13(10-12)18(20)21/h3-11H,1-2H3,(H,17,19)/t11-/m0/s1. The summed E-state index contributed by atoms with van der Waals surface area (Å²) in [6, 6.07) is 12.7. The quantitative estimate of drug-likeness (QED) is 0.679. The zero-order valence-corrected chi connectivity index (χ0v) is 12.3. The van der Waals surface area contributed by atoms with Gasteiger partial charge in [0.2, 0.25) is 0 Å². The van der Waals surface area contributed by atoms with Crippen LogP contribution in [0.25, 0.3) is 0 Å². The average molecular weight is 300 g/mol. The van der Waals surface area contributed by atoms with Crippen LogP contribution < -0.4 is 10.1 Å². The highest BCUT2D eigenvalue weighted by Gasteiger charge is 2.16. The van der Waals surface area contributed by atoms with Crippen molar-refractivity contribution < 1.29 is 14.5 Å². The number of benzene rings is 2. The molecule has 0 radical (unpaired) electrons. The van der Waals surface area contributed by atoms with Crippen molar-refractivity contribution in [3.63, 3.8) is 0 Å². The monoisotopic (exact) mass is 300 g/mol. The van der Waals surface area contributed by atoms with Crippen LogP contribution in [0.4, 0.5) is 5.69 Å². The Labute approximate surface area is 127 Å². The number of nitro benzene ring substituents is 1. The summed E-state index contributed by atoms with van der Waals surface area (Å²) in [5.74, 6) is 0.302. The fraction of sp³-hybridized carbons (Fsp3) is 0.188. The molecule has 1 amide bonds. The smallest absolute Gasteiger partial charge is 0.270 e. The van der Waals surface area contributed by atoms with E-state index in [0.717, 1.165) is 5.56 Å². The number of nitro groups is 1. The Morgan fingerprint density at radius 3 is 2.64 bits per heavy atom. The number of non-ortho nitro benzene ring substituents is 1. The van der Waals surface area contributed by atoms with Gasteiger partial charge < -0.3 is 10.1 Å². The molecule has 0 bridgehead atoms. The number of carbonyl (C=O) groups excluding carboxylic acids is 1. The molecule has 2 rings (SSSR count). The first-order valence-corrected chi connectivity index (χ1v) is 6.71. The van der Waals surface area contributed by atoms with Gasteiger partial charge in [0.15, 0.2) is 0 Å². The Kier molecular flexibility index (Phi) is 4.73. The lowest BCUT2D eigenvalue weighted by Crippen LogP contribution is -2.26. The van der Waals surface area contributed by atoms with Crippen molar-refractivity contribution in [2.24, 2.45) is 0 Å². The molecule has 0 unspecified atom stereocenters. The third-order valence-corrected chi connectivity index (χ3v) is 3.27. The number of ether oxygens (including phenoxy) is 1. The zero-order valence-electron chi connectivity index (χ0n) is 12.3. The van der Waals surface area contributed by atoms with Crippen molar-refractivity contribution in [1.82, 2.24) is 5.32 Å². The van der Waals surface area contributed by atoms with Crippen molar-refractivity contribution >= 4 is 11.6 Å². The van der Waals surface area contributed by atoms with Crippen molar-refractivity contribution in [1.29, 1.82) is 0 Å². The molecular formula is C16H16N2O4. The van der Waals surface area contributed by atoms with Gasteiger partial charge in [0.25, 0.3) is 11.6 Å². The van der Waals surface area contributed by atoms with E-state index in [1.807, 2.05) is 31.2 Å². The molecule has 0 fully saturated rings. The minimum Gasteiger partial charge on any atom is -0.496 e. The maximum absolute atomic E-state index is 12.2. The lowest BCUT2D eigenvalue weighted by atomic mass is 10.1. The number of amides is 1. The molecule has 1 N–H and O–H groups in total. The second kappa shape index (κ2) is 6.71. The van der Waals surface area contributed by atoms with Gasteiger partial charge in [0.05, 0.1) is 18.1 Å². The van der Waals surface area contributed by atoms with E-state index >= 15 is 0 Å². The summed E-state index contributed by atoms with van der Waals surface area (Å²) in [7, 11) is 1.56. The van der Waals surface area contributed by atoms with E-state index in [2.05, 4.69) is 5.32 Å². The van der Waals surface area contributed by atoms with Gasteiger partial charge in [-0.15, -0.1) is 0 Å². The number of nitrogens with zero attached hydrogens (tertiary/aromatic N) is 1. The molecule has 0 aliphatic heterocycles. The van der Waals surface area contributed by atoms with Crippen LogP contribution in [0.15, 0.2) is 48.5 Å². The molecule has 6 nitrogen and oxygen atoms in total. The molecule has 1 atom stereocenters. The number of rotatable bonds is 5. The van der Waals surface area contributed by atoms with Crippen molar-refractivity contribution in [2.75, 3.05) is 7.11 Å². The molecule has 0 aliphatic rings. The fourth-order valence-corrected chi connectivity index (χ4v) is 2.14. The molecule has 0 aromatic heterocycles. The van der Waals surface area contributed by atoms with Crippen molar-refractivity contribution in [3.8, 4) is 5.75 Å². The van der Waals surface area contributed by atoms with Crippen LogP contribution in [0, 0.1) is 10.1 Å². The van der Waals surface area contributed by atoms with Crippen LogP contribution in [0.2, 0.25) is 0 Å². The summed E-state index contributed by atoms with van der Waals surface area (Å²) < 4.78 is 5.26. The Morgan fingerprint density at radius 2 is 1.95 bits per heavy atom. The first-order chi connectivity index (χ1) is 10.5. The maximum Gasteiger partial charge on any atom is 0.270 e. The number of hydrogen-bond donors (Lipinski definition) is 1. The van der Waals surface area contributed by atoms with Crippen LogP contribution in [0.1, 0.15) is 28.9 Å². The van der Waals surface area contributed by atoms with Crippen molar-refractivity contribution in [2.45, 2.75) is 13.0 Å². The first-order valence-electron chi connectivity index (χ1n) is 6.71. The van der Waals surface area contributed by atoms with E-state index in [-0.39, 0.29) is 23.2 Å². The van der Waals surface area contributed by atoms with E-state index in [1.54, 1.807) is 7.11 Å². The molecule has 2 aromatic carbocycles. The predicted molar refractivity (Wildman–Crippen MR) is 82.0 cm³/mol. The Morgan fingerprint density at radius 1 is 1.23 bits per heavy atom. The molecule has 0 saturated carbocycles. The molecule has 0 heterocycles. The third kappa shape index (κ3) is 3.41. The fourth-order valence-electron chi connectivity index (χ4n) is 2.14. The van der Waals surface area contributed by atoms with Gasteiger partial charge in [0, 0.05) is 23.3 Å². The highest BCUT2D eigenvalue weighted by molar-refractivity contribution is 5.95. The summed E-state index contributed by atoms with van der Waals surface area (Å²) in [6.45, 7) is 1.83. The van der Waals surface area contributed by atoms with Gasteiger partial charge in [-0.05, 0) is 19.1 Å². The Balaban J connectivity index is 2.18. The van der Waals surface area contributed by atoms with Gasteiger partial charge in [-0.1, -0.05) is 24.3 Å². The lowest BCUT2D eigenvalue weighted by Gasteiger charge is -2.17. The summed E-state index contributed by atoms with van der Waals surface area (Å²) in [6.07, 6.45) is 0. The number of para-hydroxylation sites is 1. The minimum atomic E-state index is -0.527. The first kappa shape index (κ1) is 15.5. The van der Waals surface area contributed by atoms with E-state index in [4.69, 9.17) is 4.74 Å². The molecule has 22 heavy (non-hydrogen) atoms. The highest BCUT2D eigenvalue weighted by Crippen LogP contribution is 2.24. The van der Waals surface area contributed by atoms with Crippen LogP contribution in [-0.4, -0.2) is 17.9 Å². The SMILES string of the molecule is COc1ccccc1[C@H](C)NC(=O)c1cccc([N+](=O)[O-])c1. The van der Waals surface area contributed by atoms with Gasteiger partial charge in [-0.2, -0.15) is 0 Å². The van der Waals surface area contributed by atoms with E-state index in [0.29, 0.717) is 5.75 Å². The van der Waals surface area contributed by atoms with E-state index < -0.39 is 4.92 Å². The Bertz CT molecular complexity index is 700. The van der Waals surface area contributed by atoms with Gasteiger partial charge in [-0.3, -0.25) is 14.9 Å². The molecule has 0 spiro atoms. The van der Waals surface area contributed by atoms with E-state index in [9.17, 15) is 14.9 Å². The largest absolute Gasteiger partial charge is 0.496 e. The number of hydrogen-bond acceptors (Lipinski definition) is 4. The lowest BCUT2D eigenvalue weighted by molar-refractivity contribution is -0.384. The molecule has 2 aromatic rings. The summed E-state index contributed by atoms with van der Waals surface area (Å²) in [5.41, 5.74) is 0.970. The Hall–Kier alpha value is -2.89. The third-order valence-electron chi connectivity index (χ3n) is 3.27. The maximum atomic E-state index is 12.2. The molecule has 0 saturated heterocycles. The second-order valence-electron chi connectivity index (χ2n) is 4.74. The normalized spacial score (nSPS) is 11.5. The van der Waals surface area contributed by atoms with Crippen LogP contribution in [0.5, 0.6) is 5.75 Å². The number of carbonyl (C=O) groups is 1. The molecular weight excluding hydrogens is 284 g/mol. The van der Waals surface area contributed by atoms with Gasteiger partial charge in [0.1, 0.15) is 5.75 Å². The van der Waals surface area contributed by atoms with Crippen molar-refractivity contribution in [3.05, 3.63) is 69.8 Å². The van der Waals surface area contributed by atoms with Crippen LogP contribution >= 0.6 is 0 Å². The summed E-state index contributed by atoms with van der Waals surface area (Å²) >= 11 is 0. The zero-order chi connectivity index (χ0) is 16.1. The van der Waals surface area contributed by atoms with Crippen LogP contribution in [0.3, 0.4) is 0 Å².